The predicted octanol–water partition coefficient (Wildman–Crippen LogP) is 1.98. The van der Waals surface area contributed by atoms with E-state index in [1.54, 1.807) is 18.5 Å². The van der Waals surface area contributed by atoms with Crippen molar-refractivity contribution in [3.63, 3.8) is 0 Å². The normalized spacial score (nSPS) is 13.4. The third-order valence-corrected chi connectivity index (χ3v) is 2.17. The molecule has 0 unspecified atom stereocenters. The summed E-state index contributed by atoms with van der Waals surface area (Å²) >= 11 is 0. The Morgan fingerprint density at radius 1 is 1.53 bits per heavy atom. The quantitative estimate of drug-likeness (QED) is 0.569. The van der Waals surface area contributed by atoms with Crippen LogP contribution in [0.4, 0.5) is 0 Å². The minimum Gasteiger partial charge on any atom is -0.254 e. The van der Waals surface area contributed by atoms with Crippen molar-refractivity contribution in [3.05, 3.63) is 59.4 Å². The maximum Gasteiger partial charge on any atom is 0.0957 e. The lowest BCUT2D eigenvalue weighted by atomic mass is 10.2. The zero-order valence-electron chi connectivity index (χ0n) is 10.3. The van der Waals surface area contributed by atoms with Crippen LogP contribution in [0.3, 0.4) is 0 Å². The van der Waals surface area contributed by atoms with Gasteiger partial charge in [-0.05, 0) is 36.8 Å². The summed E-state index contributed by atoms with van der Waals surface area (Å²) in [5, 5.41) is 1.89. The average Bonchev–Trinajstić information content (AvgIpc) is 2.34. The van der Waals surface area contributed by atoms with Crippen molar-refractivity contribution in [2.24, 2.45) is 4.99 Å². The molecule has 0 N–H and O–H groups in total. The Hall–Kier alpha value is -2.18. The van der Waals surface area contributed by atoms with Gasteiger partial charge >= 0.3 is 0 Å². The van der Waals surface area contributed by atoms with E-state index in [1.165, 1.54) is 0 Å². The Kier molecular flexibility index (Phi) is 4.86. The molecule has 0 amide bonds. The Morgan fingerprint density at radius 3 is 2.88 bits per heavy atom. The first kappa shape index (κ1) is 12.9. The van der Waals surface area contributed by atoms with Crippen LogP contribution in [0.25, 0.3) is 11.8 Å². The van der Waals surface area contributed by atoms with Gasteiger partial charge in [0.15, 0.2) is 0 Å². The van der Waals surface area contributed by atoms with Crippen molar-refractivity contribution in [2.75, 3.05) is 0 Å². The van der Waals surface area contributed by atoms with Gasteiger partial charge in [-0.3, -0.25) is 9.98 Å². The summed E-state index contributed by atoms with van der Waals surface area (Å²) in [6.45, 7) is 11.3. The van der Waals surface area contributed by atoms with Crippen molar-refractivity contribution >= 4 is 18.0 Å². The van der Waals surface area contributed by atoms with E-state index in [4.69, 9.17) is 0 Å². The van der Waals surface area contributed by atoms with E-state index in [1.807, 2.05) is 32.1 Å². The van der Waals surface area contributed by atoms with Crippen LogP contribution >= 0.6 is 0 Å². The van der Waals surface area contributed by atoms with Gasteiger partial charge in [-0.15, -0.1) is 5.73 Å². The molecule has 0 fully saturated rings. The molecule has 0 spiro atoms. The lowest BCUT2D eigenvalue weighted by Crippen LogP contribution is -2.29. The van der Waals surface area contributed by atoms with Crippen LogP contribution in [0.15, 0.2) is 53.9 Å². The van der Waals surface area contributed by atoms with Gasteiger partial charge < -0.3 is 0 Å². The molecule has 0 atom stereocenters. The minimum atomic E-state index is 0.783. The first-order valence-electron chi connectivity index (χ1n) is 5.36. The maximum atomic E-state index is 4.36. The highest BCUT2D eigenvalue weighted by Crippen LogP contribution is 2.05. The summed E-state index contributed by atoms with van der Waals surface area (Å²) < 4.78 is 0. The second-order valence-corrected chi connectivity index (χ2v) is 3.51. The smallest absolute Gasteiger partial charge is 0.0957 e. The number of aromatic nitrogens is 1. The Bertz CT molecular complexity index is 600. The fraction of sp³-hybridized carbons (Fsp3) is 0.133. The van der Waals surface area contributed by atoms with Crippen molar-refractivity contribution in [1.82, 2.24) is 4.98 Å². The van der Waals surface area contributed by atoms with Crippen LogP contribution in [0.2, 0.25) is 0 Å². The number of hydrogen-bond acceptors (Lipinski definition) is 2. The van der Waals surface area contributed by atoms with Crippen LogP contribution in [0.5, 0.6) is 0 Å². The Labute approximate surface area is 102 Å². The molecular weight excluding hydrogens is 208 g/mol. The molecule has 1 rings (SSSR count). The van der Waals surface area contributed by atoms with Gasteiger partial charge in [-0.1, -0.05) is 25.3 Å². The van der Waals surface area contributed by atoms with Gasteiger partial charge in [0.25, 0.3) is 0 Å². The zero-order chi connectivity index (χ0) is 12.7. The molecule has 1 heterocycles. The largest absolute Gasteiger partial charge is 0.254 e. The first-order chi connectivity index (χ1) is 8.20. The molecule has 0 aliphatic carbocycles. The lowest BCUT2D eigenvalue weighted by molar-refractivity contribution is 1.18. The summed E-state index contributed by atoms with van der Waals surface area (Å²) in [6.07, 6.45) is 7.06. The van der Waals surface area contributed by atoms with Crippen LogP contribution < -0.4 is 10.6 Å². The minimum absolute atomic E-state index is 0.783. The van der Waals surface area contributed by atoms with E-state index in [0.29, 0.717) is 0 Å². The summed E-state index contributed by atoms with van der Waals surface area (Å²) in [7, 11) is 0. The third kappa shape index (κ3) is 3.40. The summed E-state index contributed by atoms with van der Waals surface area (Å²) in [5.74, 6) is 0. The zero-order valence-corrected chi connectivity index (χ0v) is 10.3. The molecule has 0 radical (unpaired) electrons. The van der Waals surface area contributed by atoms with Crippen molar-refractivity contribution in [3.8, 4) is 0 Å². The van der Waals surface area contributed by atoms with Crippen molar-refractivity contribution in [1.29, 1.82) is 0 Å². The number of nitrogens with zero attached hydrogens (tertiary/aromatic N) is 2. The fourth-order valence-electron chi connectivity index (χ4n) is 1.39. The first-order valence-corrected chi connectivity index (χ1v) is 5.36. The molecule has 0 saturated heterocycles. The maximum absolute atomic E-state index is 4.36. The Balaban J connectivity index is 3.59. The molecule has 0 bridgehead atoms. The van der Waals surface area contributed by atoms with Crippen molar-refractivity contribution in [2.45, 2.75) is 13.8 Å². The van der Waals surface area contributed by atoms with Gasteiger partial charge in [0.2, 0.25) is 0 Å². The molecule has 86 valence electrons. The number of hydrogen-bond donors (Lipinski definition) is 0. The van der Waals surface area contributed by atoms with Crippen LogP contribution in [-0.4, -0.2) is 11.2 Å². The standard InChI is InChI=1S/C15H16N2/c1-5-7-10-16-14(12(3)4)15-13(6-2)9-8-11-17-15/h6-11H,1,3H2,2,4H3/b13-6-,15-14-,16-10-. The number of pyridine rings is 1. The molecule has 0 aliphatic rings. The van der Waals surface area contributed by atoms with Crippen LogP contribution in [0, 0.1) is 0 Å². The molecule has 0 aliphatic heterocycles. The van der Waals surface area contributed by atoms with Gasteiger partial charge in [0.1, 0.15) is 0 Å². The topological polar surface area (TPSA) is 25.2 Å². The molecule has 17 heavy (non-hydrogen) atoms. The SMILES string of the molecule is C=C=C\C=N/C(C(=C)C)=c1\nccc\c1=C\C. The lowest BCUT2D eigenvalue weighted by Gasteiger charge is -1.99. The van der Waals surface area contributed by atoms with E-state index in [0.717, 1.165) is 21.8 Å². The number of allylic oxidation sites excluding steroid dienone is 1. The van der Waals surface area contributed by atoms with E-state index in [9.17, 15) is 0 Å². The second-order valence-electron chi connectivity index (χ2n) is 3.51. The molecule has 1 aromatic heterocycles. The molecule has 0 saturated carbocycles. The molecule has 1 aromatic rings. The van der Waals surface area contributed by atoms with Gasteiger partial charge in [0, 0.05) is 12.4 Å². The van der Waals surface area contributed by atoms with E-state index < -0.39 is 0 Å². The highest BCUT2D eigenvalue weighted by Gasteiger charge is 1.98. The molecule has 0 aromatic carbocycles. The molecule has 2 nitrogen and oxygen atoms in total. The van der Waals surface area contributed by atoms with E-state index in [2.05, 4.69) is 28.9 Å². The van der Waals surface area contributed by atoms with Crippen LogP contribution in [0.1, 0.15) is 13.8 Å². The van der Waals surface area contributed by atoms with Gasteiger partial charge in [-0.25, -0.2) is 0 Å². The molecule has 2 heteroatoms. The highest BCUT2D eigenvalue weighted by molar-refractivity contribution is 5.78. The summed E-state index contributed by atoms with van der Waals surface area (Å²) in [5.41, 5.74) is 4.30. The summed E-state index contributed by atoms with van der Waals surface area (Å²) in [6, 6.07) is 3.91. The average molecular weight is 224 g/mol. The monoisotopic (exact) mass is 224 g/mol. The number of rotatable bonds is 3. The third-order valence-electron chi connectivity index (χ3n) is 2.17. The van der Waals surface area contributed by atoms with Crippen molar-refractivity contribution < 1.29 is 0 Å². The Morgan fingerprint density at radius 2 is 2.29 bits per heavy atom. The highest BCUT2D eigenvalue weighted by atomic mass is 14.8. The van der Waals surface area contributed by atoms with Crippen LogP contribution in [-0.2, 0) is 0 Å². The van der Waals surface area contributed by atoms with Gasteiger partial charge in [0.05, 0.1) is 11.0 Å². The predicted molar refractivity (Wildman–Crippen MR) is 74.1 cm³/mol. The fourth-order valence-corrected chi connectivity index (χ4v) is 1.39. The van der Waals surface area contributed by atoms with Gasteiger partial charge in [-0.2, -0.15) is 0 Å². The molecular formula is C15H16N2. The summed E-state index contributed by atoms with van der Waals surface area (Å²) in [4.78, 5) is 8.70. The second kappa shape index (κ2) is 6.41. The van der Waals surface area contributed by atoms with E-state index in [-0.39, 0.29) is 0 Å². The number of aliphatic imine (C=N–C) groups is 1. The van der Waals surface area contributed by atoms with E-state index >= 15 is 0 Å².